The van der Waals surface area contributed by atoms with E-state index in [1.807, 2.05) is 38.1 Å². The third-order valence-electron chi connectivity index (χ3n) is 3.52. The van der Waals surface area contributed by atoms with E-state index in [1.54, 1.807) is 6.07 Å². The van der Waals surface area contributed by atoms with Crippen molar-refractivity contribution in [2.45, 2.75) is 25.3 Å². The Kier molecular flexibility index (Phi) is 5.28. The van der Waals surface area contributed by atoms with Crippen LogP contribution in [0.25, 0.3) is 0 Å². The molecule has 23 heavy (non-hydrogen) atoms. The average molecular weight is 335 g/mol. The average Bonchev–Trinajstić information content (AvgIpc) is 2.52. The van der Waals surface area contributed by atoms with E-state index in [9.17, 15) is 8.42 Å². The fourth-order valence-electron chi connectivity index (χ4n) is 2.31. The van der Waals surface area contributed by atoms with Gasteiger partial charge < -0.3 is 9.47 Å². The van der Waals surface area contributed by atoms with Crippen molar-refractivity contribution in [3.63, 3.8) is 0 Å². The lowest BCUT2D eigenvalue weighted by molar-refractivity contribution is 0.390. The van der Waals surface area contributed by atoms with Crippen LogP contribution in [0.1, 0.15) is 16.7 Å². The van der Waals surface area contributed by atoms with Crippen LogP contribution >= 0.6 is 0 Å². The Hall–Kier alpha value is -2.05. The molecule has 0 amide bonds. The zero-order valence-corrected chi connectivity index (χ0v) is 14.5. The molecule has 0 aliphatic carbocycles. The zero-order chi connectivity index (χ0) is 17.0. The van der Waals surface area contributed by atoms with Crippen LogP contribution in [0, 0.1) is 13.8 Å². The van der Waals surface area contributed by atoms with Crippen LogP contribution in [0.2, 0.25) is 0 Å². The van der Waals surface area contributed by atoms with E-state index in [4.69, 9.17) is 9.47 Å². The second-order valence-corrected chi connectivity index (χ2v) is 7.02. The first-order valence-electron chi connectivity index (χ1n) is 7.15. The van der Waals surface area contributed by atoms with Crippen molar-refractivity contribution in [3.8, 4) is 11.5 Å². The lowest BCUT2D eigenvalue weighted by Gasteiger charge is -2.14. The van der Waals surface area contributed by atoms with Gasteiger partial charge in [-0.1, -0.05) is 29.8 Å². The van der Waals surface area contributed by atoms with Crippen molar-refractivity contribution in [2.75, 3.05) is 14.2 Å². The quantitative estimate of drug-likeness (QED) is 0.882. The second kappa shape index (κ2) is 7.02. The fourth-order valence-corrected chi connectivity index (χ4v) is 3.49. The van der Waals surface area contributed by atoms with Crippen LogP contribution in [0.15, 0.2) is 41.3 Å². The summed E-state index contributed by atoms with van der Waals surface area (Å²) in [4.78, 5) is 0.0649. The topological polar surface area (TPSA) is 64.6 Å². The van der Waals surface area contributed by atoms with Gasteiger partial charge in [0.2, 0.25) is 10.0 Å². The third kappa shape index (κ3) is 4.03. The SMILES string of the molecule is COc1cc(S(=O)(=O)NCc2cccc(C)c2)c(OC)cc1C. The maximum Gasteiger partial charge on any atom is 0.244 e. The van der Waals surface area contributed by atoms with Crippen molar-refractivity contribution in [1.29, 1.82) is 0 Å². The van der Waals surface area contributed by atoms with Crippen LogP contribution in [0.5, 0.6) is 11.5 Å². The highest BCUT2D eigenvalue weighted by atomic mass is 32.2. The Labute approximate surface area is 137 Å². The molecular formula is C17H21NO4S. The number of sulfonamides is 1. The molecule has 2 aromatic carbocycles. The molecule has 5 nitrogen and oxygen atoms in total. The molecule has 0 bridgehead atoms. The van der Waals surface area contributed by atoms with Gasteiger partial charge in [-0.15, -0.1) is 0 Å². The summed E-state index contributed by atoms with van der Waals surface area (Å²) < 4.78 is 38.2. The van der Waals surface area contributed by atoms with Crippen molar-refractivity contribution in [1.82, 2.24) is 4.72 Å². The minimum atomic E-state index is -3.72. The first-order valence-corrected chi connectivity index (χ1v) is 8.63. The minimum Gasteiger partial charge on any atom is -0.496 e. The van der Waals surface area contributed by atoms with Crippen LogP contribution in [0.4, 0.5) is 0 Å². The van der Waals surface area contributed by atoms with Crippen molar-refractivity contribution >= 4 is 10.0 Å². The predicted molar refractivity (Wildman–Crippen MR) is 89.5 cm³/mol. The summed E-state index contributed by atoms with van der Waals surface area (Å²) >= 11 is 0. The maximum atomic E-state index is 12.6. The Bertz CT molecular complexity index is 800. The molecule has 0 aliphatic heterocycles. The normalized spacial score (nSPS) is 11.3. The first-order chi connectivity index (χ1) is 10.9. The van der Waals surface area contributed by atoms with E-state index >= 15 is 0 Å². The molecule has 0 saturated heterocycles. The molecule has 0 aliphatic rings. The Morgan fingerprint density at radius 3 is 2.30 bits per heavy atom. The molecule has 0 aromatic heterocycles. The monoisotopic (exact) mass is 335 g/mol. The van der Waals surface area contributed by atoms with Crippen LogP contribution in [-0.4, -0.2) is 22.6 Å². The molecule has 0 heterocycles. The smallest absolute Gasteiger partial charge is 0.244 e. The van der Waals surface area contributed by atoms with Gasteiger partial charge >= 0.3 is 0 Å². The molecule has 124 valence electrons. The number of hydrogen-bond acceptors (Lipinski definition) is 4. The molecule has 2 rings (SSSR count). The van der Waals surface area contributed by atoms with Gasteiger partial charge in [0.15, 0.2) is 0 Å². The van der Waals surface area contributed by atoms with Crippen LogP contribution in [0.3, 0.4) is 0 Å². The van der Waals surface area contributed by atoms with Gasteiger partial charge in [0, 0.05) is 12.6 Å². The molecule has 0 spiro atoms. The number of ether oxygens (including phenoxy) is 2. The number of aryl methyl sites for hydroxylation is 2. The number of hydrogen-bond donors (Lipinski definition) is 1. The molecule has 0 fully saturated rings. The minimum absolute atomic E-state index is 0.0649. The maximum absolute atomic E-state index is 12.6. The van der Waals surface area contributed by atoms with Crippen LogP contribution in [-0.2, 0) is 16.6 Å². The van der Waals surface area contributed by atoms with Gasteiger partial charge in [0.05, 0.1) is 14.2 Å². The van der Waals surface area contributed by atoms with E-state index in [0.29, 0.717) is 11.5 Å². The molecule has 0 atom stereocenters. The molecule has 0 radical (unpaired) electrons. The molecular weight excluding hydrogens is 314 g/mol. The summed E-state index contributed by atoms with van der Waals surface area (Å²) in [5, 5.41) is 0. The van der Waals surface area contributed by atoms with E-state index in [-0.39, 0.29) is 11.4 Å². The molecule has 6 heteroatoms. The molecule has 0 unspecified atom stereocenters. The summed E-state index contributed by atoms with van der Waals surface area (Å²) in [6.45, 7) is 4.01. The summed E-state index contributed by atoms with van der Waals surface area (Å²) in [7, 11) is -0.768. The number of rotatable bonds is 6. The van der Waals surface area contributed by atoms with Gasteiger partial charge in [-0.3, -0.25) is 0 Å². The van der Waals surface area contributed by atoms with Gasteiger partial charge in [0.1, 0.15) is 16.4 Å². The molecule has 2 aromatic rings. The first kappa shape index (κ1) is 17.3. The van der Waals surface area contributed by atoms with Gasteiger partial charge in [-0.05, 0) is 31.0 Å². The standard InChI is InChI=1S/C17H21NO4S/c1-12-6-5-7-14(8-12)11-18-23(19,20)17-10-15(21-3)13(2)9-16(17)22-4/h5-10,18H,11H2,1-4H3. The Morgan fingerprint density at radius 1 is 1.00 bits per heavy atom. The van der Waals surface area contributed by atoms with Crippen molar-refractivity contribution < 1.29 is 17.9 Å². The van der Waals surface area contributed by atoms with Gasteiger partial charge in [-0.25, -0.2) is 13.1 Å². The number of nitrogens with one attached hydrogen (secondary N) is 1. The van der Waals surface area contributed by atoms with Gasteiger partial charge in [0.25, 0.3) is 0 Å². The third-order valence-corrected chi connectivity index (χ3v) is 4.94. The lowest BCUT2D eigenvalue weighted by atomic mass is 10.1. The summed E-state index contributed by atoms with van der Waals surface area (Å²) in [6, 6.07) is 10.8. The van der Waals surface area contributed by atoms with Crippen molar-refractivity contribution in [3.05, 3.63) is 53.1 Å². The predicted octanol–water partition coefficient (Wildman–Crippen LogP) is 2.80. The second-order valence-electron chi connectivity index (χ2n) is 5.29. The van der Waals surface area contributed by atoms with E-state index in [0.717, 1.165) is 16.7 Å². The number of benzene rings is 2. The summed E-state index contributed by atoms with van der Waals surface area (Å²) in [5.41, 5.74) is 2.78. The van der Waals surface area contributed by atoms with Crippen LogP contribution < -0.4 is 14.2 Å². The fraction of sp³-hybridized carbons (Fsp3) is 0.294. The molecule has 0 saturated carbocycles. The highest BCUT2D eigenvalue weighted by Crippen LogP contribution is 2.31. The highest BCUT2D eigenvalue weighted by Gasteiger charge is 2.21. The van der Waals surface area contributed by atoms with Gasteiger partial charge in [-0.2, -0.15) is 0 Å². The van der Waals surface area contributed by atoms with E-state index in [1.165, 1.54) is 20.3 Å². The summed E-state index contributed by atoms with van der Waals surface area (Å²) in [6.07, 6.45) is 0. The Morgan fingerprint density at radius 2 is 1.70 bits per heavy atom. The molecule has 1 N–H and O–H groups in total. The lowest BCUT2D eigenvalue weighted by Crippen LogP contribution is -2.24. The van der Waals surface area contributed by atoms with Crippen molar-refractivity contribution in [2.24, 2.45) is 0 Å². The zero-order valence-electron chi connectivity index (χ0n) is 13.7. The largest absolute Gasteiger partial charge is 0.496 e. The number of methoxy groups -OCH3 is 2. The van der Waals surface area contributed by atoms with E-state index in [2.05, 4.69) is 4.72 Å². The summed E-state index contributed by atoms with van der Waals surface area (Å²) in [5.74, 6) is 0.793. The van der Waals surface area contributed by atoms with E-state index < -0.39 is 10.0 Å². The highest BCUT2D eigenvalue weighted by molar-refractivity contribution is 7.89. The Balaban J connectivity index is 2.32.